The molecular formula is C63H57BN2OS. The van der Waals surface area contributed by atoms with Gasteiger partial charge in [0.1, 0.15) is 11.2 Å². The molecule has 3 nitrogen and oxygen atoms in total. The molecule has 0 amide bonds. The van der Waals surface area contributed by atoms with Gasteiger partial charge in [0.2, 0.25) is 0 Å². The highest BCUT2D eigenvalue weighted by molar-refractivity contribution is 7.25. The number of nitrogens with one attached hydrogen (secondary N) is 1. The Bertz CT molecular complexity index is 3990. The predicted octanol–water partition coefficient (Wildman–Crippen LogP) is 16.4. The molecule has 0 fully saturated rings. The third-order valence-corrected chi connectivity index (χ3v) is 16.8. The molecule has 0 spiro atoms. The van der Waals surface area contributed by atoms with Crippen molar-refractivity contribution < 1.29 is 4.42 Å². The van der Waals surface area contributed by atoms with Gasteiger partial charge in [-0.2, -0.15) is 0 Å². The van der Waals surface area contributed by atoms with Gasteiger partial charge in [-0.1, -0.05) is 154 Å². The van der Waals surface area contributed by atoms with Crippen molar-refractivity contribution in [3.63, 3.8) is 0 Å². The van der Waals surface area contributed by atoms with E-state index in [-0.39, 0.29) is 21.7 Å². The second-order valence-corrected chi connectivity index (χ2v) is 24.6. The summed E-state index contributed by atoms with van der Waals surface area (Å²) in [6.07, 6.45) is 0. The van der Waals surface area contributed by atoms with E-state index in [9.17, 15) is 0 Å². The highest BCUT2D eigenvalue weighted by atomic mass is 32.1. The summed E-state index contributed by atoms with van der Waals surface area (Å²) >= 11 is 1.89. The molecule has 13 rings (SSSR count). The van der Waals surface area contributed by atoms with E-state index in [1.807, 2.05) is 11.3 Å². The van der Waals surface area contributed by atoms with Crippen LogP contribution < -0.4 is 16.2 Å². The Morgan fingerprint density at radius 2 is 1.22 bits per heavy atom. The summed E-state index contributed by atoms with van der Waals surface area (Å²) in [5.41, 5.74) is 22.2. The molecule has 0 unspecified atom stereocenters. The largest absolute Gasteiger partial charge is 0.455 e. The van der Waals surface area contributed by atoms with E-state index in [2.05, 4.69) is 220 Å². The van der Waals surface area contributed by atoms with Crippen molar-refractivity contribution in [3.05, 3.63) is 161 Å². The van der Waals surface area contributed by atoms with Gasteiger partial charge in [-0.3, -0.25) is 0 Å². The Balaban J connectivity index is 1.18. The average molecular weight is 901 g/mol. The minimum absolute atomic E-state index is 0.0311. The van der Waals surface area contributed by atoms with Gasteiger partial charge < -0.3 is 14.3 Å². The molecule has 1 aliphatic carbocycles. The molecule has 0 bridgehead atoms. The van der Waals surface area contributed by atoms with Crippen molar-refractivity contribution in [2.45, 2.75) is 97.8 Å². The summed E-state index contributed by atoms with van der Waals surface area (Å²) < 4.78 is 12.6. The number of nitrogens with zero attached hydrogens (tertiary/aromatic N) is 1. The number of benzene rings is 8. The van der Waals surface area contributed by atoms with Gasteiger partial charge >= 0.3 is 0 Å². The van der Waals surface area contributed by atoms with Crippen molar-refractivity contribution in [1.29, 1.82) is 0 Å². The van der Waals surface area contributed by atoms with E-state index >= 15 is 0 Å². The van der Waals surface area contributed by atoms with Crippen LogP contribution in [-0.2, 0) is 21.7 Å². The first-order chi connectivity index (χ1) is 32.3. The SMILES string of the molecule is CC(C)(C)c1ccc(Nc2cc3c(cc2-c2c4c5c(c6cc(C(C)(C)C)ccc6n5-c5cc6c(cc5B4)-c4ccccc4C6(C)C)c4c2oc2ccccc24)sc2ccc(C(C)(C)C)cc23)cc1. The number of hydrogen-bond donors (Lipinski definition) is 1. The molecule has 3 aromatic heterocycles. The van der Waals surface area contributed by atoms with Gasteiger partial charge in [0.15, 0.2) is 7.28 Å². The van der Waals surface area contributed by atoms with E-state index in [1.165, 1.54) is 108 Å². The monoisotopic (exact) mass is 900 g/mol. The average Bonchev–Trinajstić information content (AvgIpc) is 4.02. The number of anilines is 2. The zero-order valence-electron chi connectivity index (χ0n) is 41.2. The van der Waals surface area contributed by atoms with Crippen LogP contribution in [0.5, 0.6) is 0 Å². The van der Waals surface area contributed by atoms with Crippen molar-refractivity contribution in [3.8, 4) is 27.9 Å². The van der Waals surface area contributed by atoms with Crippen molar-refractivity contribution in [2.24, 2.45) is 0 Å². The molecule has 0 atom stereocenters. The number of aromatic nitrogens is 1. The number of para-hydroxylation sites is 1. The van der Waals surface area contributed by atoms with E-state index in [1.54, 1.807) is 0 Å². The molecule has 4 heterocycles. The van der Waals surface area contributed by atoms with Gasteiger partial charge in [-0.25, -0.2) is 0 Å². The van der Waals surface area contributed by atoms with Gasteiger partial charge in [0, 0.05) is 75.3 Å². The number of hydrogen-bond acceptors (Lipinski definition) is 3. The van der Waals surface area contributed by atoms with Crippen LogP contribution in [-0.4, -0.2) is 11.8 Å². The van der Waals surface area contributed by atoms with Crippen molar-refractivity contribution >= 4 is 105 Å². The number of rotatable bonds is 3. The van der Waals surface area contributed by atoms with Crippen LogP contribution in [0.3, 0.4) is 0 Å². The fraction of sp³-hybridized carbons (Fsp3) is 0.238. The first-order valence-corrected chi connectivity index (χ1v) is 25.3. The highest BCUT2D eigenvalue weighted by Gasteiger charge is 2.39. The van der Waals surface area contributed by atoms with Crippen LogP contribution in [0.4, 0.5) is 11.4 Å². The molecule has 5 heteroatoms. The van der Waals surface area contributed by atoms with Gasteiger partial charge in [0.25, 0.3) is 0 Å². The summed E-state index contributed by atoms with van der Waals surface area (Å²) in [4.78, 5) is 0. The Morgan fingerprint density at radius 3 is 1.97 bits per heavy atom. The van der Waals surface area contributed by atoms with Crippen LogP contribution >= 0.6 is 11.3 Å². The van der Waals surface area contributed by atoms with E-state index in [4.69, 9.17) is 4.42 Å². The zero-order valence-corrected chi connectivity index (χ0v) is 42.0. The fourth-order valence-corrected chi connectivity index (χ4v) is 13.0. The number of furan rings is 1. The molecule has 68 heavy (non-hydrogen) atoms. The maximum Gasteiger partial charge on any atom is 0.198 e. The van der Waals surface area contributed by atoms with E-state index in [0.717, 1.165) is 40.8 Å². The van der Waals surface area contributed by atoms with Crippen LogP contribution in [0.15, 0.2) is 138 Å². The second kappa shape index (κ2) is 13.8. The molecule has 334 valence electrons. The summed E-state index contributed by atoms with van der Waals surface area (Å²) in [6, 6.07) is 51.2. The van der Waals surface area contributed by atoms with Crippen LogP contribution in [0.1, 0.15) is 104 Å². The van der Waals surface area contributed by atoms with Crippen molar-refractivity contribution in [2.75, 3.05) is 5.32 Å². The summed E-state index contributed by atoms with van der Waals surface area (Å²) in [5, 5.41) is 11.5. The van der Waals surface area contributed by atoms with Crippen molar-refractivity contribution in [1.82, 2.24) is 4.57 Å². The first-order valence-electron chi connectivity index (χ1n) is 24.5. The maximum atomic E-state index is 7.35. The third-order valence-electron chi connectivity index (χ3n) is 15.7. The second-order valence-electron chi connectivity index (χ2n) is 23.5. The van der Waals surface area contributed by atoms with Crippen LogP contribution in [0.2, 0.25) is 0 Å². The molecule has 0 saturated heterocycles. The summed E-state index contributed by atoms with van der Waals surface area (Å²) in [5.74, 6) is 0. The quantitative estimate of drug-likeness (QED) is 0.179. The molecular weight excluding hydrogens is 844 g/mol. The summed E-state index contributed by atoms with van der Waals surface area (Å²) in [7, 11) is 0.769. The molecule has 1 N–H and O–H groups in total. The Morgan fingerprint density at radius 1 is 0.559 bits per heavy atom. The topological polar surface area (TPSA) is 30.1 Å². The lowest BCUT2D eigenvalue weighted by Crippen LogP contribution is -2.38. The molecule has 0 saturated carbocycles. The molecule has 1 aliphatic heterocycles. The molecule has 2 aliphatic rings. The van der Waals surface area contributed by atoms with Gasteiger partial charge in [-0.05, 0) is 121 Å². The number of fused-ring (bicyclic) bond motifs is 15. The predicted molar refractivity (Wildman–Crippen MR) is 296 cm³/mol. The Kier molecular flexibility index (Phi) is 8.44. The number of thiophene rings is 1. The standard InChI is InChI=1S/C63H57BN2OS/c1-60(2,3)34-20-24-37(25-21-34)65-48-31-42-41-28-36(62(7,8)9)23-27-52(41)68-53(42)32-43(48)56-57-58-54(55-39-17-13-15-19-51(39)67-59(55)56)44-29-35(61(4,5)6)22-26-49(44)66(58)50-33-46-40(30-47(50)64-57)38-16-12-14-18-45(38)63(46,10)11/h12-33,64-65H,1-11H3. The molecule has 11 aromatic rings. The third kappa shape index (κ3) is 5.90. The van der Waals surface area contributed by atoms with Crippen LogP contribution in [0.25, 0.3) is 91.9 Å². The fourth-order valence-electron chi connectivity index (χ4n) is 11.9. The van der Waals surface area contributed by atoms with Gasteiger partial charge in [-0.15, -0.1) is 11.3 Å². The Labute approximate surface area is 404 Å². The Hall–Kier alpha value is -6.56. The maximum absolute atomic E-state index is 7.35. The summed E-state index contributed by atoms with van der Waals surface area (Å²) in [6.45, 7) is 25.6. The van der Waals surface area contributed by atoms with E-state index < -0.39 is 0 Å². The minimum Gasteiger partial charge on any atom is -0.455 e. The lowest BCUT2D eigenvalue weighted by molar-refractivity contribution is 0.590. The molecule has 8 aromatic carbocycles. The molecule has 0 radical (unpaired) electrons. The zero-order chi connectivity index (χ0) is 47.0. The minimum atomic E-state index is -0.127. The van der Waals surface area contributed by atoms with E-state index in [0.29, 0.717) is 0 Å². The lowest BCUT2D eigenvalue weighted by Gasteiger charge is -2.27. The smallest absolute Gasteiger partial charge is 0.198 e. The lowest BCUT2D eigenvalue weighted by atomic mass is 9.58. The highest BCUT2D eigenvalue weighted by Crippen LogP contribution is 2.52. The van der Waals surface area contributed by atoms with Crippen LogP contribution in [0, 0.1) is 0 Å². The first kappa shape index (κ1) is 41.6. The van der Waals surface area contributed by atoms with Gasteiger partial charge in [0.05, 0.1) is 11.0 Å². The normalized spacial score (nSPS) is 14.3.